The van der Waals surface area contributed by atoms with Gasteiger partial charge in [0.1, 0.15) is 11.4 Å². The Morgan fingerprint density at radius 1 is 1.43 bits per heavy atom. The molecule has 21 heavy (non-hydrogen) atoms. The van der Waals surface area contributed by atoms with E-state index in [0.29, 0.717) is 5.88 Å². The summed E-state index contributed by atoms with van der Waals surface area (Å²) in [7, 11) is 0. The number of rotatable bonds is 5. The summed E-state index contributed by atoms with van der Waals surface area (Å²) in [6.07, 6.45) is 2.03. The van der Waals surface area contributed by atoms with Crippen molar-refractivity contribution in [2.45, 2.75) is 20.4 Å². The lowest BCUT2D eigenvalue weighted by molar-refractivity contribution is 0.455. The van der Waals surface area contributed by atoms with Gasteiger partial charge in [0.05, 0.1) is 0 Å². The molecule has 6 heteroatoms. The average molecular weight is 366 g/mol. The maximum atomic E-state index is 6.00. The van der Waals surface area contributed by atoms with Gasteiger partial charge in [-0.25, -0.2) is 0 Å². The summed E-state index contributed by atoms with van der Waals surface area (Å²) >= 11 is 5.11. The molecule has 0 aliphatic rings. The fourth-order valence-electron chi connectivity index (χ4n) is 2.09. The highest BCUT2D eigenvalue weighted by Crippen LogP contribution is 2.30. The number of hydrogen-bond acceptors (Lipinski definition) is 4. The predicted octanol–water partition coefficient (Wildman–Crippen LogP) is 4.37. The molecule has 1 aromatic carbocycles. The zero-order valence-electron chi connectivity index (χ0n) is 11.9. The van der Waals surface area contributed by atoms with E-state index < -0.39 is 0 Å². The highest BCUT2D eigenvalue weighted by molar-refractivity contribution is 9.10. The van der Waals surface area contributed by atoms with Crippen LogP contribution in [0.5, 0.6) is 11.6 Å². The van der Waals surface area contributed by atoms with E-state index in [9.17, 15) is 0 Å². The third-order valence-electron chi connectivity index (χ3n) is 3.21. The molecule has 0 fully saturated rings. The molecule has 2 aromatic heterocycles. The Bertz CT molecular complexity index is 765. The van der Waals surface area contributed by atoms with Crippen LogP contribution in [-0.2, 0) is 6.54 Å². The van der Waals surface area contributed by atoms with Crippen LogP contribution in [0.15, 0.2) is 34.2 Å². The third kappa shape index (κ3) is 2.97. The fourth-order valence-corrected chi connectivity index (χ4v) is 3.06. The van der Waals surface area contributed by atoms with Crippen molar-refractivity contribution in [3.63, 3.8) is 0 Å². The van der Waals surface area contributed by atoms with Crippen LogP contribution in [0.1, 0.15) is 18.2 Å². The molecular weight excluding hydrogens is 350 g/mol. The number of imidazole rings is 1. The van der Waals surface area contributed by atoms with Crippen LogP contribution in [0, 0.1) is 6.92 Å². The van der Waals surface area contributed by atoms with Crippen molar-refractivity contribution >= 4 is 32.2 Å². The second-order valence-electron chi connectivity index (χ2n) is 4.71. The second-order valence-corrected chi connectivity index (χ2v) is 6.44. The summed E-state index contributed by atoms with van der Waals surface area (Å²) in [6.45, 7) is 5.78. The number of aryl methyl sites for hydroxylation is 1. The summed E-state index contributed by atoms with van der Waals surface area (Å²) in [4.78, 5) is 5.53. The number of nitrogens with zero attached hydrogens (tertiary/aromatic N) is 2. The van der Waals surface area contributed by atoms with Gasteiger partial charge in [-0.15, -0.1) is 11.3 Å². The van der Waals surface area contributed by atoms with E-state index in [1.807, 2.05) is 36.7 Å². The van der Waals surface area contributed by atoms with Gasteiger partial charge in [0.15, 0.2) is 4.96 Å². The Labute approximate surface area is 135 Å². The number of aromatic nitrogens is 2. The molecule has 0 atom stereocenters. The lowest BCUT2D eigenvalue weighted by atomic mass is 10.2. The molecule has 2 heterocycles. The van der Waals surface area contributed by atoms with Gasteiger partial charge in [0.2, 0.25) is 5.88 Å². The Morgan fingerprint density at radius 3 is 3.05 bits per heavy atom. The number of halogens is 1. The van der Waals surface area contributed by atoms with Crippen LogP contribution in [0.25, 0.3) is 4.96 Å². The van der Waals surface area contributed by atoms with Gasteiger partial charge in [0.25, 0.3) is 0 Å². The topological polar surface area (TPSA) is 38.6 Å². The SMILES string of the molecule is CCNCc1c(Oc2ccc(Br)c(C)c2)nc2sccn12. The molecule has 0 aliphatic heterocycles. The Morgan fingerprint density at radius 2 is 2.29 bits per heavy atom. The highest BCUT2D eigenvalue weighted by atomic mass is 79.9. The van der Waals surface area contributed by atoms with E-state index in [-0.39, 0.29) is 0 Å². The predicted molar refractivity (Wildman–Crippen MR) is 89.4 cm³/mol. The van der Waals surface area contributed by atoms with Crippen molar-refractivity contribution in [1.82, 2.24) is 14.7 Å². The average Bonchev–Trinajstić information content (AvgIpc) is 3.02. The molecule has 0 amide bonds. The van der Waals surface area contributed by atoms with Crippen LogP contribution in [0.2, 0.25) is 0 Å². The van der Waals surface area contributed by atoms with Crippen molar-refractivity contribution in [1.29, 1.82) is 0 Å². The Kier molecular flexibility index (Phi) is 4.28. The van der Waals surface area contributed by atoms with E-state index in [1.165, 1.54) is 0 Å². The Hall–Kier alpha value is -1.37. The maximum Gasteiger partial charge on any atom is 0.243 e. The fraction of sp³-hybridized carbons (Fsp3) is 0.267. The van der Waals surface area contributed by atoms with Crippen molar-refractivity contribution < 1.29 is 4.74 Å². The largest absolute Gasteiger partial charge is 0.437 e. The molecule has 0 saturated heterocycles. The number of benzene rings is 1. The van der Waals surface area contributed by atoms with Crippen molar-refractivity contribution in [2.24, 2.45) is 0 Å². The molecule has 0 saturated carbocycles. The normalized spacial score (nSPS) is 11.2. The first-order valence-corrected chi connectivity index (χ1v) is 8.45. The number of thiazole rings is 1. The smallest absolute Gasteiger partial charge is 0.243 e. The standard InChI is InChI=1S/C15H16BrN3OS/c1-3-17-9-13-14(18-15-19(13)6-7-21-15)20-11-4-5-12(16)10(2)8-11/h4-8,17H,3,9H2,1-2H3. The Balaban J connectivity index is 1.94. The molecular formula is C15H16BrN3OS. The van der Waals surface area contributed by atoms with Crippen LogP contribution >= 0.6 is 27.3 Å². The molecule has 1 N–H and O–H groups in total. The second kappa shape index (κ2) is 6.17. The lowest BCUT2D eigenvalue weighted by Crippen LogP contribution is -2.13. The van der Waals surface area contributed by atoms with Crippen LogP contribution in [-0.4, -0.2) is 15.9 Å². The van der Waals surface area contributed by atoms with E-state index in [2.05, 4.69) is 37.6 Å². The number of hydrogen-bond donors (Lipinski definition) is 1. The zero-order chi connectivity index (χ0) is 14.8. The number of ether oxygens (including phenoxy) is 1. The van der Waals surface area contributed by atoms with Crippen molar-refractivity contribution in [3.05, 3.63) is 45.5 Å². The molecule has 3 rings (SSSR count). The monoisotopic (exact) mass is 365 g/mol. The number of nitrogens with one attached hydrogen (secondary N) is 1. The van der Waals surface area contributed by atoms with E-state index in [1.54, 1.807) is 11.3 Å². The molecule has 4 nitrogen and oxygen atoms in total. The molecule has 0 unspecified atom stereocenters. The highest BCUT2D eigenvalue weighted by Gasteiger charge is 2.15. The minimum Gasteiger partial charge on any atom is -0.437 e. The van der Waals surface area contributed by atoms with E-state index in [4.69, 9.17) is 4.74 Å². The molecule has 3 aromatic rings. The van der Waals surface area contributed by atoms with Crippen LogP contribution in [0.4, 0.5) is 0 Å². The summed E-state index contributed by atoms with van der Waals surface area (Å²) in [5, 5.41) is 5.37. The van der Waals surface area contributed by atoms with E-state index in [0.717, 1.165) is 39.5 Å². The maximum absolute atomic E-state index is 6.00. The van der Waals surface area contributed by atoms with E-state index >= 15 is 0 Å². The first-order chi connectivity index (χ1) is 10.2. The van der Waals surface area contributed by atoms with Gasteiger partial charge in [-0.1, -0.05) is 22.9 Å². The third-order valence-corrected chi connectivity index (χ3v) is 4.86. The summed E-state index contributed by atoms with van der Waals surface area (Å²) < 4.78 is 9.15. The molecule has 110 valence electrons. The quantitative estimate of drug-likeness (QED) is 0.729. The van der Waals surface area contributed by atoms with Gasteiger partial charge < -0.3 is 10.1 Å². The zero-order valence-corrected chi connectivity index (χ0v) is 14.3. The lowest BCUT2D eigenvalue weighted by Gasteiger charge is -2.08. The van der Waals surface area contributed by atoms with Gasteiger partial charge in [-0.05, 0) is 37.2 Å². The molecule has 0 spiro atoms. The first-order valence-electron chi connectivity index (χ1n) is 6.78. The van der Waals surface area contributed by atoms with Gasteiger partial charge in [-0.3, -0.25) is 4.40 Å². The van der Waals surface area contributed by atoms with Gasteiger partial charge in [-0.2, -0.15) is 4.98 Å². The number of fused-ring (bicyclic) bond motifs is 1. The summed E-state index contributed by atoms with van der Waals surface area (Å²) in [5.41, 5.74) is 2.19. The van der Waals surface area contributed by atoms with Crippen LogP contribution < -0.4 is 10.1 Å². The van der Waals surface area contributed by atoms with Gasteiger partial charge >= 0.3 is 0 Å². The minimum atomic E-state index is 0.671. The molecule has 0 bridgehead atoms. The van der Waals surface area contributed by atoms with Gasteiger partial charge in [0, 0.05) is 22.6 Å². The summed E-state index contributed by atoms with van der Waals surface area (Å²) in [6, 6.07) is 5.95. The van der Waals surface area contributed by atoms with Crippen LogP contribution in [0.3, 0.4) is 0 Å². The first kappa shape index (κ1) is 14.6. The van der Waals surface area contributed by atoms with Crippen molar-refractivity contribution in [3.8, 4) is 11.6 Å². The minimum absolute atomic E-state index is 0.671. The summed E-state index contributed by atoms with van der Waals surface area (Å²) in [5.74, 6) is 1.48. The molecule has 0 radical (unpaired) electrons. The van der Waals surface area contributed by atoms with Crippen molar-refractivity contribution in [2.75, 3.05) is 6.54 Å². The molecule has 0 aliphatic carbocycles.